The van der Waals surface area contributed by atoms with E-state index in [4.69, 9.17) is 12.2 Å². The van der Waals surface area contributed by atoms with Crippen molar-refractivity contribution >= 4 is 23.2 Å². The molecule has 4 nitrogen and oxygen atoms in total. The molecule has 0 aromatic rings. The fourth-order valence-corrected chi connectivity index (χ4v) is 1.94. The minimum atomic E-state index is 0.0968. The lowest BCUT2D eigenvalue weighted by molar-refractivity contribution is -0.124. The van der Waals surface area contributed by atoms with Crippen molar-refractivity contribution in [1.29, 1.82) is 0 Å². The van der Waals surface area contributed by atoms with Crippen LogP contribution in [-0.4, -0.2) is 53.5 Å². The summed E-state index contributed by atoms with van der Waals surface area (Å²) in [5.74, 6) is 0.0968. The van der Waals surface area contributed by atoms with Gasteiger partial charge in [-0.05, 0) is 38.3 Å². The number of nitrogens with one attached hydrogen (secondary N) is 1. The molecule has 0 atom stereocenters. The summed E-state index contributed by atoms with van der Waals surface area (Å²) in [5, 5.41) is 3.46. The number of carbonyl (C=O) groups excluding carboxylic acids is 1. The van der Waals surface area contributed by atoms with E-state index >= 15 is 0 Å². The zero-order chi connectivity index (χ0) is 11.3. The van der Waals surface area contributed by atoms with Crippen molar-refractivity contribution in [3.63, 3.8) is 0 Å². The zero-order valence-electron chi connectivity index (χ0n) is 9.45. The maximum atomic E-state index is 11.4. The van der Waals surface area contributed by atoms with Gasteiger partial charge in [-0.3, -0.25) is 9.69 Å². The molecule has 1 aliphatic rings. The third-order valence-corrected chi connectivity index (χ3v) is 3.05. The fourth-order valence-electron chi connectivity index (χ4n) is 1.67. The molecule has 1 aliphatic heterocycles. The zero-order valence-corrected chi connectivity index (χ0v) is 10.3. The Bertz CT molecular complexity index is 225. The van der Waals surface area contributed by atoms with Crippen LogP contribution in [0.4, 0.5) is 0 Å². The molecule has 0 aromatic heterocycles. The molecule has 1 amide bonds. The molecule has 0 spiro atoms. The van der Waals surface area contributed by atoms with Crippen LogP contribution in [0.3, 0.4) is 0 Å². The van der Waals surface area contributed by atoms with Gasteiger partial charge in [0.25, 0.3) is 0 Å². The maximum absolute atomic E-state index is 11.4. The van der Waals surface area contributed by atoms with Crippen LogP contribution in [0.2, 0.25) is 0 Å². The van der Waals surface area contributed by atoms with Crippen LogP contribution in [0.1, 0.15) is 20.3 Å². The van der Waals surface area contributed by atoms with Gasteiger partial charge in [0.1, 0.15) is 0 Å². The number of hydrogen-bond donors (Lipinski definition) is 1. The predicted octanol–water partition coefficient (Wildman–Crippen LogP) is 0.435. The monoisotopic (exact) mass is 229 g/mol. The average molecular weight is 229 g/mol. The molecule has 1 fully saturated rings. The predicted molar refractivity (Wildman–Crippen MR) is 64.7 cm³/mol. The minimum Gasteiger partial charge on any atom is -0.353 e. The Morgan fingerprint density at radius 1 is 1.47 bits per heavy atom. The van der Waals surface area contributed by atoms with E-state index < -0.39 is 0 Å². The van der Waals surface area contributed by atoms with E-state index in [1.165, 1.54) is 0 Å². The summed E-state index contributed by atoms with van der Waals surface area (Å²) in [6.45, 7) is 8.55. The highest BCUT2D eigenvalue weighted by Crippen LogP contribution is 2.01. The normalized spacial score (nSPS) is 16.3. The molecule has 86 valence electrons. The highest BCUT2D eigenvalue weighted by atomic mass is 32.1. The molecule has 0 radical (unpaired) electrons. The second-order valence-electron chi connectivity index (χ2n) is 3.58. The van der Waals surface area contributed by atoms with E-state index in [1.54, 1.807) is 4.90 Å². The number of thiocarbonyl (C=S) groups is 1. The Balaban J connectivity index is 2.24. The molecule has 5 heteroatoms. The molecule has 1 rings (SSSR count). The summed E-state index contributed by atoms with van der Waals surface area (Å²) in [7, 11) is 0. The van der Waals surface area contributed by atoms with E-state index in [0.29, 0.717) is 11.7 Å². The van der Waals surface area contributed by atoms with Crippen molar-refractivity contribution in [1.82, 2.24) is 15.1 Å². The highest BCUT2D eigenvalue weighted by Gasteiger charge is 2.24. The topological polar surface area (TPSA) is 35.6 Å². The smallest absolute Gasteiger partial charge is 0.248 e. The lowest BCUT2D eigenvalue weighted by Gasteiger charge is -2.20. The van der Waals surface area contributed by atoms with E-state index in [0.717, 1.165) is 32.6 Å². The van der Waals surface area contributed by atoms with Gasteiger partial charge in [-0.2, -0.15) is 0 Å². The first kappa shape index (κ1) is 12.4. The number of carbonyl (C=O) groups is 1. The van der Waals surface area contributed by atoms with Gasteiger partial charge in [-0.1, -0.05) is 13.8 Å². The molecule has 1 N–H and O–H groups in total. The summed E-state index contributed by atoms with van der Waals surface area (Å²) in [4.78, 5) is 15.4. The third-order valence-electron chi connectivity index (χ3n) is 2.69. The molecular weight excluding hydrogens is 210 g/mol. The summed E-state index contributed by atoms with van der Waals surface area (Å²) in [6.07, 6.45) is 0.981. The second kappa shape index (κ2) is 6.02. The van der Waals surface area contributed by atoms with Crippen LogP contribution in [-0.2, 0) is 4.79 Å². The fraction of sp³-hybridized carbons (Fsp3) is 0.800. The van der Waals surface area contributed by atoms with Crippen LogP contribution in [0.15, 0.2) is 0 Å². The van der Waals surface area contributed by atoms with Crippen LogP contribution in [0.25, 0.3) is 0 Å². The molecule has 0 saturated carbocycles. The van der Waals surface area contributed by atoms with Crippen molar-refractivity contribution in [2.45, 2.75) is 20.3 Å². The quantitative estimate of drug-likeness (QED) is 0.670. The molecule has 1 heterocycles. The first-order valence-electron chi connectivity index (χ1n) is 5.49. The Labute approximate surface area is 96.6 Å². The largest absolute Gasteiger partial charge is 0.353 e. The Morgan fingerprint density at radius 3 is 2.60 bits per heavy atom. The Morgan fingerprint density at radius 2 is 2.13 bits per heavy atom. The second-order valence-corrected chi connectivity index (χ2v) is 3.97. The van der Waals surface area contributed by atoms with Crippen molar-refractivity contribution < 1.29 is 4.79 Å². The SMILES string of the molecule is CCN(CC)CCCN1C(=O)CNC1=S. The molecule has 0 aromatic carbocycles. The van der Waals surface area contributed by atoms with Crippen molar-refractivity contribution in [3.8, 4) is 0 Å². The van der Waals surface area contributed by atoms with E-state index in [-0.39, 0.29) is 5.91 Å². The molecule has 0 aliphatic carbocycles. The highest BCUT2D eigenvalue weighted by molar-refractivity contribution is 7.80. The standard InChI is InChI=1S/C10H19N3OS/c1-3-12(4-2)6-5-7-13-9(14)8-11-10(13)15/h3-8H2,1-2H3,(H,11,15). The molecule has 0 unspecified atom stereocenters. The third kappa shape index (κ3) is 3.43. The average Bonchev–Trinajstić information content (AvgIpc) is 2.55. The Kier molecular flexibility index (Phi) is 4.98. The van der Waals surface area contributed by atoms with E-state index in [1.807, 2.05) is 0 Å². The van der Waals surface area contributed by atoms with Crippen molar-refractivity contribution in [3.05, 3.63) is 0 Å². The van der Waals surface area contributed by atoms with Crippen molar-refractivity contribution in [2.75, 3.05) is 32.7 Å². The molecule has 1 saturated heterocycles. The van der Waals surface area contributed by atoms with Gasteiger partial charge in [-0.15, -0.1) is 0 Å². The summed E-state index contributed by atoms with van der Waals surface area (Å²) in [6, 6.07) is 0. The van der Waals surface area contributed by atoms with Gasteiger partial charge in [0.2, 0.25) is 5.91 Å². The molecular formula is C10H19N3OS. The van der Waals surface area contributed by atoms with Crippen molar-refractivity contribution in [2.24, 2.45) is 0 Å². The van der Waals surface area contributed by atoms with Gasteiger partial charge in [0.15, 0.2) is 5.11 Å². The molecule has 0 bridgehead atoms. The van der Waals surface area contributed by atoms with Crippen LogP contribution < -0.4 is 5.32 Å². The first-order chi connectivity index (χ1) is 7.19. The molecule has 15 heavy (non-hydrogen) atoms. The number of amides is 1. The van der Waals surface area contributed by atoms with E-state index in [2.05, 4.69) is 24.1 Å². The van der Waals surface area contributed by atoms with Crippen LogP contribution >= 0.6 is 12.2 Å². The summed E-state index contributed by atoms with van der Waals surface area (Å²) < 4.78 is 0. The van der Waals surface area contributed by atoms with Crippen LogP contribution in [0, 0.1) is 0 Å². The first-order valence-corrected chi connectivity index (χ1v) is 5.90. The summed E-state index contributed by atoms with van der Waals surface area (Å²) >= 11 is 5.03. The van der Waals surface area contributed by atoms with Gasteiger partial charge in [0, 0.05) is 6.54 Å². The maximum Gasteiger partial charge on any atom is 0.248 e. The van der Waals surface area contributed by atoms with Gasteiger partial charge < -0.3 is 10.2 Å². The van der Waals surface area contributed by atoms with Crippen LogP contribution in [0.5, 0.6) is 0 Å². The number of rotatable bonds is 6. The lowest BCUT2D eigenvalue weighted by Crippen LogP contribution is -2.34. The number of hydrogen-bond acceptors (Lipinski definition) is 3. The van der Waals surface area contributed by atoms with Gasteiger partial charge >= 0.3 is 0 Å². The van der Waals surface area contributed by atoms with Gasteiger partial charge in [-0.25, -0.2) is 0 Å². The lowest BCUT2D eigenvalue weighted by atomic mass is 10.3. The van der Waals surface area contributed by atoms with Gasteiger partial charge in [0.05, 0.1) is 6.54 Å². The Hall–Kier alpha value is -0.680. The minimum absolute atomic E-state index is 0.0968. The van der Waals surface area contributed by atoms with E-state index in [9.17, 15) is 4.79 Å². The number of nitrogens with zero attached hydrogens (tertiary/aromatic N) is 2. The summed E-state index contributed by atoms with van der Waals surface area (Å²) in [5.41, 5.74) is 0.